The SMILES string of the molecule is Nc1cc(Cl)cc(-c2nnnn2-c2ccc(Cl)cc2)c1. The van der Waals surface area contributed by atoms with Crippen LogP contribution in [0.1, 0.15) is 0 Å². The molecule has 0 radical (unpaired) electrons. The number of benzene rings is 2. The average Bonchev–Trinajstić information content (AvgIpc) is 2.87. The van der Waals surface area contributed by atoms with E-state index in [2.05, 4.69) is 15.5 Å². The topological polar surface area (TPSA) is 69.6 Å². The fourth-order valence-electron chi connectivity index (χ4n) is 1.86. The second kappa shape index (κ2) is 5.11. The standard InChI is InChI=1S/C13H9Cl2N5/c14-9-1-3-12(4-2-9)20-13(17-18-19-20)8-5-10(15)7-11(16)6-8/h1-7H,16H2. The quantitative estimate of drug-likeness (QED) is 0.738. The first-order valence-corrected chi connectivity index (χ1v) is 6.50. The van der Waals surface area contributed by atoms with Crippen LogP contribution < -0.4 is 5.73 Å². The molecule has 1 aromatic heterocycles. The minimum absolute atomic E-state index is 0.533. The van der Waals surface area contributed by atoms with E-state index in [0.717, 1.165) is 11.3 Å². The van der Waals surface area contributed by atoms with Gasteiger partial charge in [-0.1, -0.05) is 23.2 Å². The molecule has 0 bridgehead atoms. The molecule has 0 fully saturated rings. The predicted octanol–water partition coefficient (Wildman–Crippen LogP) is 3.22. The van der Waals surface area contributed by atoms with E-state index in [1.807, 2.05) is 12.1 Å². The minimum Gasteiger partial charge on any atom is -0.399 e. The lowest BCUT2D eigenvalue weighted by Gasteiger charge is -2.06. The van der Waals surface area contributed by atoms with Crippen LogP contribution in [0.15, 0.2) is 42.5 Å². The zero-order valence-electron chi connectivity index (χ0n) is 10.2. The van der Waals surface area contributed by atoms with Crippen molar-refractivity contribution in [3.63, 3.8) is 0 Å². The number of nitrogen functional groups attached to an aromatic ring is 1. The van der Waals surface area contributed by atoms with E-state index in [1.54, 1.807) is 35.0 Å². The number of nitrogens with two attached hydrogens (primary N) is 1. The Balaban J connectivity index is 2.12. The first-order chi connectivity index (χ1) is 9.63. The number of halogens is 2. The Morgan fingerprint density at radius 3 is 2.40 bits per heavy atom. The van der Waals surface area contributed by atoms with Gasteiger partial charge in [-0.15, -0.1) is 5.10 Å². The van der Waals surface area contributed by atoms with Gasteiger partial charge in [0.05, 0.1) is 5.69 Å². The highest BCUT2D eigenvalue weighted by Gasteiger charge is 2.11. The van der Waals surface area contributed by atoms with Gasteiger partial charge in [0.2, 0.25) is 0 Å². The summed E-state index contributed by atoms with van der Waals surface area (Å²) in [6.07, 6.45) is 0. The number of aromatic nitrogens is 4. The maximum atomic E-state index is 6.01. The van der Waals surface area contributed by atoms with E-state index in [4.69, 9.17) is 28.9 Å². The highest BCUT2D eigenvalue weighted by Crippen LogP contribution is 2.25. The van der Waals surface area contributed by atoms with Gasteiger partial charge in [0, 0.05) is 21.3 Å². The number of nitrogens with zero attached hydrogens (tertiary/aromatic N) is 4. The summed E-state index contributed by atoms with van der Waals surface area (Å²) in [5.41, 5.74) is 7.89. The van der Waals surface area contributed by atoms with Gasteiger partial charge < -0.3 is 5.73 Å². The van der Waals surface area contributed by atoms with E-state index in [9.17, 15) is 0 Å². The van der Waals surface area contributed by atoms with E-state index in [0.29, 0.717) is 21.6 Å². The summed E-state index contributed by atoms with van der Waals surface area (Å²) in [6.45, 7) is 0. The zero-order chi connectivity index (χ0) is 14.1. The molecule has 20 heavy (non-hydrogen) atoms. The molecule has 100 valence electrons. The lowest BCUT2D eigenvalue weighted by atomic mass is 10.2. The van der Waals surface area contributed by atoms with Gasteiger partial charge in [0.15, 0.2) is 5.82 Å². The molecule has 3 aromatic rings. The highest BCUT2D eigenvalue weighted by atomic mass is 35.5. The molecule has 5 nitrogen and oxygen atoms in total. The second-order valence-electron chi connectivity index (χ2n) is 4.16. The van der Waals surface area contributed by atoms with Crippen LogP contribution in [0.3, 0.4) is 0 Å². The summed E-state index contributed by atoms with van der Waals surface area (Å²) in [7, 11) is 0. The molecule has 0 aliphatic rings. The molecule has 7 heteroatoms. The number of anilines is 1. The first kappa shape index (κ1) is 12.9. The minimum atomic E-state index is 0.533. The fourth-order valence-corrected chi connectivity index (χ4v) is 2.23. The van der Waals surface area contributed by atoms with Gasteiger partial charge in [0.25, 0.3) is 0 Å². The van der Waals surface area contributed by atoms with Crippen molar-refractivity contribution in [1.82, 2.24) is 20.2 Å². The normalized spacial score (nSPS) is 10.7. The van der Waals surface area contributed by atoms with Crippen LogP contribution in [0.5, 0.6) is 0 Å². The van der Waals surface area contributed by atoms with E-state index >= 15 is 0 Å². The molecule has 0 saturated heterocycles. The maximum absolute atomic E-state index is 6.01. The van der Waals surface area contributed by atoms with Crippen LogP contribution in [0.4, 0.5) is 5.69 Å². The summed E-state index contributed by atoms with van der Waals surface area (Å²) in [5, 5.41) is 12.9. The van der Waals surface area contributed by atoms with Crippen molar-refractivity contribution in [1.29, 1.82) is 0 Å². The molecule has 0 spiro atoms. The maximum Gasteiger partial charge on any atom is 0.187 e. The van der Waals surface area contributed by atoms with Crippen LogP contribution in [-0.2, 0) is 0 Å². The van der Waals surface area contributed by atoms with E-state index in [-0.39, 0.29) is 0 Å². The van der Waals surface area contributed by atoms with Crippen LogP contribution in [0.2, 0.25) is 10.0 Å². The van der Waals surface area contributed by atoms with E-state index < -0.39 is 0 Å². The molecule has 2 aromatic carbocycles. The predicted molar refractivity (Wildman–Crippen MR) is 79.0 cm³/mol. The monoisotopic (exact) mass is 305 g/mol. The van der Waals surface area contributed by atoms with Gasteiger partial charge >= 0.3 is 0 Å². The molecule has 0 amide bonds. The first-order valence-electron chi connectivity index (χ1n) is 5.74. The van der Waals surface area contributed by atoms with Crippen molar-refractivity contribution in [3.05, 3.63) is 52.5 Å². The molecule has 3 rings (SSSR count). The molecular formula is C13H9Cl2N5. The number of hydrogen-bond donors (Lipinski definition) is 1. The van der Waals surface area contributed by atoms with Crippen molar-refractivity contribution in [2.45, 2.75) is 0 Å². The zero-order valence-corrected chi connectivity index (χ0v) is 11.7. The van der Waals surface area contributed by atoms with Crippen LogP contribution in [0.25, 0.3) is 17.1 Å². The molecular weight excluding hydrogens is 297 g/mol. The van der Waals surface area contributed by atoms with Crippen LogP contribution in [-0.4, -0.2) is 20.2 Å². The molecule has 1 heterocycles. The largest absolute Gasteiger partial charge is 0.399 e. The lowest BCUT2D eigenvalue weighted by molar-refractivity contribution is 0.791. The molecule has 2 N–H and O–H groups in total. The molecule has 0 atom stereocenters. The van der Waals surface area contributed by atoms with Gasteiger partial charge in [-0.2, -0.15) is 4.68 Å². The number of tetrazole rings is 1. The summed E-state index contributed by atoms with van der Waals surface area (Å²) >= 11 is 11.9. The Morgan fingerprint density at radius 2 is 1.70 bits per heavy atom. The Kier molecular flexibility index (Phi) is 3.30. The van der Waals surface area contributed by atoms with Crippen molar-refractivity contribution in [3.8, 4) is 17.1 Å². The summed E-state index contributed by atoms with van der Waals surface area (Å²) in [5.74, 6) is 0.557. The Bertz CT molecular complexity index is 731. The summed E-state index contributed by atoms with van der Waals surface area (Å²) in [6, 6.07) is 12.4. The molecule has 0 saturated carbocycles. The van der Waals surface area contributed by atoms with Gasteiger partial charge in [-0.3, -0.25) is 0 Å². The lowest BCUT2D eigenvalue weighted by Crippen LogP contribution is -2.00. The smallest absolute Gasteiger partial charge is 0.187 e. The summed E-state index contributed by atoms with van der Waals surface area (Å²) < 4.78 is 1.60. The average molecular weight is 306 g/mol. The van der Waals surface area contributed by atoms with Crippen molar-refractivity contribution >= 4 is 28.9 Å². The summed E-state index contributed by atoms with van der Waals surface area (Å²) in [4.78, 5) is 0. The number of rotatable bonds is 2. The van der Waals surface area contributed by atoms with Crippen LogP contribution >= 0.6 is 23.2 Å². The second-order valence-corrected chi connectivity index (χ2v) is 5.04. The van der Waals surface area contributed by atoms with Gasteiger partial charge in [-0.05, 0) is 52.9 Å². The Hall–Kier alpha value is -2.11. The third-order valence-corrected chi connectivity index (χ3v) is 3.19. The van der Waals surface area contributed by atoms with Crippen molar-refractivity contribution in [2.24, 2.45) is 0 Å². The number of hydrogen-bond acceptors (Lipinski definition) is 4. The highest BCUT2D eigenvalue weighted by molar-refractivity contribution is 6.31. The van der Waals surface area contributed by atoms with E-state index in [1.165, 1.54) is 0 Å². The van der Waals surface area contributed by atoms with Crippen molar-refractivity contribution < 1.29 is 0 Å². The van der Waals surface area contributed by atoms with Crippen molar-refractivity contribution in [2.75, 3.05) is 5.73 Å². The van der Waals surface area contributed by atoms with Gasteiger partial charge in [-0.25, -0.2) is 0 Å². The Morgan fingerprint density at radius 1 is 0.950 bits per heavy atom. The fraction of sp³-hybridized carbons (Fsp3) is 0. The third kappa shape index (κ3) is 2.45. The third-order valence-electron chi connectivity index (χ3n) is 2.72. The molecule has 0 aliphatic heterocycles. The Labute approximate surface area is 124 Å². The van der Waals surface area contributed by atoms with Gasteiger partial charge in [0.1, 0.15) is 0 Å². The molecule has 0 unspecified atom stereocenters. The molecule has 0 aliphatic carbocycles. The van der Waals surface area contributed by atoms with Crippen LogP contribution in [0, 0.1) is 0 Å².